The van der Waals surface area contributed by atoms with Gasteiger partial charge in [0.25, 0.3) is 5.91 Å². The topological polar surface area (TPSA) is 83.4 Å². The van der Waals surface area contributed by atoms with Gasteiger partial charge >= 0.3 is 12.2 Å². The van der Waals surface area contributed by atoms with Gasteiger partial charge in [0, 0.05) is 17.0 Å². The highest BCUT2D eigenvalue weighted by molar-refractivity contribution is 6.07. The van der Waals surface area contributed by atoms with Crippen molar-refractivity contribution >= 4 is 22.7 Å². The van der Waals surface area contributed by atoms with E-state index in [1.54, 1.807) is 30.5 Å². The number of halogens is 4. The molecule has 0 radical (unpaired) electrons. The third kappa shape index (κ3) is 3.86. The molecule has 0 aliphatic carbocycles. The van der Waals surface area contributed by atoms with Crippen molar-refractivity contribution in [1.29, 1.82) is 0 Å². The number of imide groups is 1. The predicted molar refractivity (Wildman–Crippen MR) is 119 cm³/mol. The zero-order valence-corrected chi connectivity index (χ0v) is 17.9. The molecule has 5 rings (SSSR count). The number of aromatic nitrogens is 1. The van der Waals surface area contributed by atoms with Gasteiger partial charge in [0.2, 0.25) is 0 Å². The SMILES string of the molecule is O=C1NC(=O)[C@@](Cn2cc3ccc(F)cc3c2O)(c2ccc(-c3ccc(C(F)(F)F)cc3)cc2)N1. The molecule has 3 aromatic carbocycles. The zero-order valence-electron chi connectivity index (χ0n) is 17.9. The van der Waals surface area contributed by atoms with Gasteiger partial charge in [0.15, 0.2) is 11.4 Å². The first-order valence-electron chi connectivity index (χ1n) is 10.5. The Morgan fingerprint density at radius 1 is 0.914 bits per heavy atom. The number of nitrogens with zero attached hydrogens (tertiary/aromatic N) is 1. The molecule has 4 aromatic rings. The quantitative estimate of drug-likeness (QED) is 0.285. The van der Waals surface area contributed by atoms with E-state index in [9.17, 15) is 32.3 Å². The molecule has 1 atom stereocenters. The van der Waals surface area contributed by atoms with Gasteiger partial charge in [-0.25, -0.2) is 9.18 Å². The first-order valence-corrected chi connectivity index (χ1v) is 10.5. The van der Waals surface area contributed by atoms with E-state index in [1.807, 2.05) is 0 Å². The summed E-state index contributed by atoms with van der Waals surface area (Å²) < 4.78 is 53.5. The summed E-state index contributed by atoms with van der Waals surface area (Å²) in [5.41, 5.74) is -0.816. The number of nitrogens with one attached hydrogen (secondary N) is 2. The number of hydrogen-bond acceptors (Lipinski definition) is 3. The second-order valence-electron chi connectivity index (χ2n) is 8.28. The average molecular weight is 483 g/mol. The van der Waals surface area contributed by atoms with Crippen LogP contribution in [0, 0.1) is 5.82 Å². The number of benzene rings is 3. The Morgan fingerprint density at radius 3 is 2.11 bits per heavy atom. The first kappa shape index (κ1) is 22.5. The fourth-order valence-corrected chi connectivity index (χ4v) is 4.29. The van der Waals surface area contributed by atoms with Gasteiger partial charge in [-0.05, 0) is 47.0 Å². The van der Waals surface area contributed by atoms with Crippen molar-refractivity contribution in [2.24, 2.45) is 0 Å². The maximum atomic E-state index is 13.6. The highest BCUT2D eigenvalue weighted by Gasteiger charge is 2.48. The number of aromatic hydroxyl groups is 1. The van der Waals surface area contributed by atoms with Crippen LogP contribution < -0.4 is 10.6 Å². The lowest BCUT2D eigenvalue weighted by Crippen LogP contribution is -2.47. The number of carbonyl (C=O) groups is 2. The van der Waals surface area contributed by atoms with E-state index in [2.05, 4.69) is 10.6 Å². The second-order valence-corrected chi connectivity index (χ2v) is 8.28. The fourth-order valence-electron chi connectivity index (χ4n) is 4.29. The van der Waals surface area contributed by atoms with Gasteiger partial charge in [-0.2, -0.15) is 13.2 Å². The highest BCUT2D eigenvalue weighted by Crippen LogP contribution is 2.35. The standard InChI is InChI=1S/C25H17F4N3O3/c26-19-10-5-16-12-32(21(33)20(16)11-19)13-24(22(34)30-23(35)31-24)17-6-1-14(2-7-17)15-3-8-18(9-4-15)25(27,28)29/h1-12,33H,13H2,(H2,30,31,34,35)/t24-/m1/s1. The van der Waals surface area contributed by atoms with Gasteiger partial charge < -0.3 is 15.0 Å². The van der Waals surface area contributed by atoms with Crippen molar-refractivity contribution < 1.29 is 32.3 Å². The summed E-state index contributed by atoms with van der Waals surface area (Å²) >= 11 is 0. The van der Waals surface area contributed by atoms with Crippen LogP contribution >= 0.6 is 0 Å². The smallest absolute Gasteiger partial charge is 0.416 e. The van der Waals surface area contributed by atoms with Crippen molar-refractivity contribution in [2.75, 3.05) is 0 Å². The molecule has 178 valence electrons. The van der Waals surface area contributed by atoms with Gasteiger partial charge in [0.05, 0.1) is 12.1 Å². The normalized spacial score (nSPS) is 18.1. The number of rotatable bonds is 4. The third-order valence-corrected chi connectivity index (χ3v) is 6.10. The van der Waals surface area contributed by atoms with Crippen LogP contribution in [0.1, 0.15) is 11.1 Å². The van der Waals surface area contributed by atoms with Crippen LogP contribution in [-0.2, 0) is 23.1 Å². The molecule has 0 spiro atoms. The Hall–Kier alpha value is -4.34. The van der Waals surface area contributed by atoms with Gasteiger partial charge in [-0.15, -0.1) is 0 Å². The fraction of sp³-hybridized carbons (Fsp3) is 0.120. The zero-order chi connectivity index (χ0) is 25.0. The summed E-state index contributed by atoms with van der Waals surface area (Å²) in [4.78, 5) is 25.0. The predicted octanol–water partition coefficient (Wildman–Crippen LogP) is 4.91. The molecule has 3 amide bonds. The molecule has 0 unspecified atom stereocenters. The number of fused-ring (bicyclic) bond motifs is 1. The Kier molecular flexibility index (Phi) is 5.04. The summed E-state index contributed by atoms with van der Waals surface area (Å²) in [5.74, 6) is -1.45. The lowest BCUT2D eigenvalue weighted by atomic mass is 9.88. The lowest BCUT2D eigenvalue weighted by molar-refractivity contribution is -0.137. The van der Waals surface area contributed by atoms with Gasteiger partial charge in [-0.3, -0.25) is 10.1 Å². The highest BCUT2D eigenvalue weighted by atomic mass is 19.4. The van der Waals surface area contributed by atoms with Crippen LogP contribution in [0.3, 0.4) is 0 Å². The van der Waals surface area contributed by atoms with Crippen molar-refractivity contribution in [1.82, 2.24) is 15.2 Å². The van der Waals surface area contributed by atoms with E-state index in [0.29, 0.717) is 22.1 Å². The van der Waals surface area contributed by atoms with Crippen LogP contribution in [-0.4, -0.2) is 21.6 Å². The second kappa shape index (κ2) is 7.86. The van der Waals surface area contributed by atoms with Gasteiger partial charge in [0.1, 0.15) is 5.82 Å². The summed E-state index contributed by atoms with van der Waals surface area (Å²) in [7, 11) is 0. The van der Waals surface area contributed by atoms with E-state index in [1.165, 1.54) is 34.9 Å². The van der Waals surface area contributed by atoms with Crippen molar-refractivity contribution in [3.8, 4) is 17.0 Å². The number of amides is 3. The van der Waals surface area contributed by atoms with Crippen LogP contribution in [0.4, 0.5) is 22.4 Å². The molecule has 6 nitrogen and oxygen atoms in total. The Morgan fingerprint density at radius 2 is 1.54 bits per heavy atom. The minimum Gasteiger partial charge on any atom is -0.494 e. The maximum Gasteiger partial charge on any atom is 0.416 e. The Balaban J connectivity index is 1.51. The molecule has 0 bridgehead atoms. The molecule has 1 aliphatic rings. The van der Waals surface area contributed by atoms with E-state index in [0.717, 1.165) is 12.1 Å². The summed E-state index contributed by atoms with van der Waals surface area (Å²) in [6.45, 7) is -0.188. The molecule has 1 saturated heterocycles. The van der Waals surface area contributed by atoms with E-state index >= 15 is 0 Å². The third-order valence-electron chi connectivity index (χ3n) is 6.10. The van der Waals surface area contributed by atoms with Crippen LogP contribution in [0.2, 0.25) is 0 Å². The monoisotopic (exact) mass is 483 g/mol. The largest absolute Gasteiger partial charge is 0.494 e. The molecule has 1 aliphatic heterocycles. The minimum atomic E-state index is -4.44. The van der Waals surface area contributed by atoms with E-state index in [4.69, 9.17) is 0 Å². The number of urea groups is 1. The Labute approximate surface area is 195 Å². The molecular weight excluding hydrogens is 466 g/mol. The number of alkyl halides is 3. The summed E-state index contributed by atoms with van der Waals surface area (Å²) in [5, 5.41) is 16.2. The molecular formula is C25H17F4N3O3. The molecule has 35 heavy (non-hydrogen) atoms. The molecule has 10 heteroatoms. The lowest BCUT2D eigenvalue weighted by Gasteiger charge is -2.27. The van der Waals surface area contributed by atoms with Crippen LogP contribution in [0.5, 0.6) is 5.88 Å². The Bertz CT molecular complexity index is 1460. The molecule has 1 fully saturated rings. The average Bonchev–Trinajstić information content (AvgIpc) is 3.28. The van der Waals surface area contributed by atoms with Crippen LogP contribution in [0.15, 0.2) is 72.9 Å². The maximum absolute atomic E-state index is 13.6. The summed E-state index contributed by atoms with van der Waals surface area (Å²) in [6, 6.07) is 14.2. The molecule has 3 N–H and O–H groups in total. The van der Waals surface area contributed by atoms with Crippen molar-refractivity contribution in [2.45, 2.75) is 18.3 Å². The van der Waals surface area contributed by atoms with Crippen molar-refractivity contribution in [3.05, 3.63) is 89.9 Å². The first-order chi connectivity index (χ1) is 16.6. The van der Waals surface area contributed by atoms with Crippen molar-refractivity contribution in [3.63, 3.8) is 0 Å². The molecule has 0 saturated carbocycles. The number of carbonyl (C=O) groups excluding carboxylic acids is 2. The summed E-state index contributed by atoms with van der Waals surface area (Å²) in [6.07, 6.45) is -2.90. The van der Waals surface area contributed by atoms with E-state index < -0.39 is 35.0 Å². The molecule has 2 heterocycles. The van der Waals surface area contributed by atoms with E-state index in [-0.39, 0.29) is 17.8 Å². The van der Waals surface area contributed by atoms with Gasteiger partial charge in [-0.1, -0.05) is 36.4 Å². The number of hydrogen-bond donors (Lipinski definition) is 3. The molecule has 1 aromatic heterocycles. The minimum absolute atomic E-state index is 0.188. The van der Waals surface area contributed by atoms with Crippen LogP contribution in [0.25, 0.3) is 21.9 Å².